The number of hydrogen-bond donors (Lipinski definition) is 2. The zero-order valence-corrected chi connectivity index (χ0v) is 14.1. The highest BCUT2D eigenvalue weighted by Crippen LogP contribution is 2.32. The highest BCUT2D eigenvalue weighted by Gasteiger charge is 2.23. The molecular weight excluding hydrogens is 322 g/mol. The Kier molecular flexibility index (Phi) is 4.27. The molecule has 8 heteroatoms. The molecule has 0 bridgehead atoms. The predicted molar refractivity (Wildman–Crippen MR) is 89.1 cm³/mol. The molecule has 0 unspecified atom stereocenters. The number of aryl methyl sites for hydroxylation is 1. The summed E-state index contributed by atoms with van der Waals surface area (Å²) in [4.78, 5) is 16.6. The van der Waals surface area contributed by atoms with Crippen molar-refractivity contribution in [3.63, 3.8) is 0 Å². The van der Waals surface area contributed by atoms with Gasteiger partial charge in [0, 0.05) is 19.0 Å². The minimum atomic E-state index is -0.274. The maximum atomic E-state index is 12.4. The fraction of sp³-hybridized carbons (Fsp3) is 0.471. The Balaban J connectivity index is 1.28. The van der Waals surface area contributed by atoms with E-state index in [4.69, 9.17) is 9.47 Å². The Labute approximate surface area is 145 Å². The number of ether oxygens (including phenoxy) is 2. The number of fused-ring (bicyclic) bond motifs is 2. The number of carbonyl (C=O) groups is 1. The molecule has 0 aliphatic carbocycles. The molecule has 0 radical (unpaired) electrons. The number of amides is 1. The van der Waals surface area contributed by atoms with Crippen LogP contribution in [-0.2, 0) is 24.3 Å². The van der Waals surface area contributed by atoms with Crippen molar-refractivity contribution in [3.8, 4) is 11.5 Å². The molecule has 1 aromatic heterocycles. The van der Waals surface area contributed by atoms with Gasteiger partial charge in [0.2, 0.25) is 12.7 Å². The van der Waals surface area contributed by atoms with Gasteiger partial charge in [0.05, 0.1) is 12.6 Å². The lowest BCUT2D eigenvalue weighted by Crippen LogP contribution is -2.49. The van der Waals surface area contributed by atoms with E-state index < -0.39 is 0 Å². The standard InChI is InChI=1S/C17H21N5O3/c1-11(21-13-3-5-16-19-9-20-22(16)8-13)17(23)18-7-12-2-4-14-15(6-12)25-10-24-14/h2,4,6,9,11,13,21H,3,5,7-8,10H2,1H3,(H,18,23)/t11-,13+/m0/s1. The number of nitrogens with one attached hydrogen (secondary N) is 2. The molecule has 3 heterocycles. The van der Waals surface area contributed by atoms with Gasteiger partial charge in [0.1, 0.15) is 12.2 Å². The van der Waals surface area contributed by atoms with E-state index in [-0.39, 0.29) is 24.8 Å². The summed E-state index contributed by atoms with van der Waals surface area (Å²) in [6.07, 6.45) is 3.42. The summed E-state index contributed by atoms with van der Waals surface area (Å²) >= 11 is 0. The van der Waals surface area contributed by atoms with E-state index in [1.165, 1.54) is 0 Å². The molecule has 2 aliphatic rings. The summed E-state index contributed by atoms with van der Waals surface area (Å²) in [5.41, 5.74) is 0.981. The van der Waals surface area contributed by atoms with Crippen molar-refractivity contribution in [3.05, 3.63) is 35.9 Å². The van der Waals surface area contributed by atoms with E-state index in [2.05, 4.69) is 20.7 Å². The first-order valence-corrected chi connectivity index (χ1v) is 8.48. The maximum Gasteiger partial charge on any atom is 0.237 e. The summed E-state index contributed by atoms with van der Waals surface area (Å²) in [5.74, 6) is 2.46. The highest BCUT2D eigenvalue weighted by atomic mass is 16.7. The van der Waals surface area contributed by atoms with Crippen molar-refractivity contribution >= 4 is 5.91 Å². The third-order valence-corrected chi connectivity index (χ3v) is 4.59. The summed E-state index contributed by atoms with van der Waals surface area (Å²) in [6, 6.07) is 5.64. The molecular formula is C17H21N5O3. The Hall–Kier alpha value is -2.61. The first-order valence-electron chi connectivity index (χ1n) is 8.48. The smallest absolute Gasteiger partial charge is 0.237 e. The van der Waals surface area contributed by atoms with Gasteiger partial charge < -0.3 is 20.1 Å². The number of rotatable bonds is 5. The van der Waals surface area contributed by atoms with E-state index in [0.717, 1.165) is 42.3 Å². The molecule has 2 N–H and O–H groups in total. The van der Waals surface area contributed by atoms with E-state index in [9.17, 15) is 4.79 Å². The van der Waals surface area contributed by atoms with E-state index in [1.54, 1.807) is 6.33 Å². The van der Waals surface area contributed by atoms with Gasteiger partial charge in [-0.15, -0.1) is 0 Å². The van der Waals surface area contributed by atoms with Gasteiger partial charge in [0.25, 0.3) is 0 Å². The van der Waals surface area contributed by atoms with E-state index in [0.29, 0.717) is 6.54 Å². The molecule has 2 atom stereocenters. The molecule has 2 aliphatic heterocycles. The number of nitrogens with zero attached hydrogens (tertiary/aromatic N) is 3. The number of aromatic nitrogens is 3. The monoisotopic (exact) mass is 343 g/mol. The normalized spacial score (nSPS) is 19.3. The molecule has 132 valence electrons. The van der Waals surface area contributed by atoms with Crippen LogP contribution in [0, 0.1) is 0 Å². The molecule has 0 saturated carbocycles. The van der Waals surface area contributed by atoms with Crippen LogP contribution < -0.4 is 20.1 Å². The average molecular weight is 343 g/mol. The van der Waals surface area contributed by atoms with Crippen molar-refractivity contribution in [1.29, 1.82) is 0 Å². The van der Waals surface area contributed by atoms with Crippen molar-refractivity contribution < 1.29 is 14.3 Å². The Morgan fingerprint density at radius 3 is 3.20 bits per heavy atom. The molecule has 2 aromatic rings. The summed E-state index contributed by atoms with van der Waals surface area (Å²) in [6.45, 7) is 3.33. The maximum absolute atomic E-state index is 12.4. The average Bonchev–Trinajstić information content (AvgIpc) is 3.27. The molecule has 8 nitrogen and oxygen atoms in total. The number of carbonyl (C=O) groups excluding carboxylic acids is 1. The van der Waals surface area contributed by atoms with Crippen LogP contribution in [0.4, 0.5) is 0 Å². The van der Waals surface area contributed by atoms with Gasteiger partial charge in [-0.25, -0.2) is 9.67 Å². The van der Waals surface area contributed by atoms with E-state index in [1.807, 2.05) is 29.8 Å². The quantitative estimate of drug-likeness (QED) is 0.827. The summed E-state index contributed by atoms with van der Waals surface area (Å²) < 4.78 is 12.5. The fourth-order valence-electron chi connectivity index (χ4n) is 3.20. The summed E-state index contributed by atoms with van der Waals surface area (Å²) in [7, 11) is 0. The van der Waals surface area contributed by atoms with Crippen molar-refractivity contribution in [2.45, 2.75) is 44.9 Å². The minimum Gasteiger partial charge on any atom is -0.454 e. The number of benzene rings is 1. The van der Waals surface area contributed by atoms with Crippen LogP contribution in [0.3, 0.4) is 0 Å². The first kappa shape index (κ1) is 15.9. The third kappa shape index (κ3) is 3.43. The predicted octanol–water partition coefficient (Wildman–Crippen LogP) is 0.616. The molecule has 1 amide bonds. The van der Waals surface area contributed by atoms with Crippen LogP contribution in [0.2, 0.25) is 0 Å². The van der Waals surface area contributed by atoms with Crippen molar-refractivity contribution in [1.82, 2.24) is 25.4 Å². The molecule has 25 heavy (non-hydrogen) atoms. The first-order chi connectivity index (χ1) is 12.2. The molecule has 0 fully saturated rings. The molecule has 0 saturated heterocycles. The van der Waals surface area contributed by atoms with Crippen molar-refractivity contribution in [2.24, 2.45) is 0 Å². The van der Waals surface area contributed by atoms with Gasteiger partial charge in [-0.05, 0) is 31.0 Å². The Morgan fingerprint density at radius 2 is 2.28 bits per heavy atom. The zero-order chi connectivity index (χ0) is 17.2. The molecule has 4 rings (SSSR count). The van der Waals surface area contributed by atoms with Crippen LogP contribution in [0.1, 0.15) is 24.7 Å². The van der Waals surface area contributed by atoms with Crippen molar-refractivity contribution in [2.75, 3.05) is 6.79 Å². The van der Waals surface area contributed by atoms with Gasteiger partial charge >= 0.3 is 0 Å². The second kappa shape index (κ2) is 6.72. The van der Waals surface area contributed by atoms with Gasteiger partial charge in [-0.3, -0.25) is 4.79 Å². The summed E-state index contributed by atoms with van der Waals surface area (Å²) in [5, 5.41) is 10.5. The third-order valence-electron chi connectivity index (χ3n) is 4.59. The minimum absolute atomic E-state index is 0.0259. The topological polar surface area (TPSA) is 90.3 Å². The van der Waals surface area contributed by atoms with Gasteiger partial charge in [-0.2, -0.15) is 5.10 Å². The van der Waals surface area contributed by atoms with E-state index >= 15 is 0 Å². The van der Waals surface area contributed by atoms with Crippen LogP contribution in [-0.4, -0.2) is 39.5 Å². The Morgan fingerprint density at radius 1 is 1.40 bits per heavy atom. The second-order valence-electron chi connectivity index (χ2n) is 6.39. The van der Waals surface area contributed by atoms with Crippen LogP contribution in [0.25, 0.3) is 0 Å². The highest BCUT2D eigenvalue weighted by molar-refractivity contribution is 5.81. The molecule has 1 aromatic carbocycles. The van der Waals surface area contributed by atoms with Gasteiger partial charge in [0.15, 0.2) is 11.5 Å². The molecule has 0 spiro atoms. The largest absolute Gasteiger partial charge is 0.454 e. The van der Waals surface area contributed by atoms with Crippen LogP contribution in [0.15, 0.2) is 24.5 Å². The van der Waals surface area contributed by atoms with Gasteiger partial charge in [-0.1, -0.05) is 6.07 Å². The fourth-order valence-corrected chi connectivity index (χ4v) is 3.20. The zero-order valence-electron chi connectivity index (χ0n) is 14.1. The lowest BCUT2D eigenvalue weighted by molar-refractivity contribution is -0.123. The lowest BCUT2D eigenvalue weighted by atomic mass is 10.1. The second-order valence-corrected chi connectivity index (χ2v) is 6.39. The lowest BCUT2D eigenvalue weighted by Gasteiger charge is -2.26. The van der Waals surface area contributed by atoms with Crippen LogP contribution in [0.5, 0.6) is 11.5 Å². The van der Waals surface area contributed by atoms with Crippen LogP contribution >= 0.6 is 0 Å². The number of hydrogen-bond acceptors (Lipinski definition) is 6. The Bertz CT molecular complexity index is 775. The SMILES string of the molecule is C[C@H](N[C@@H]1CCc2ncnn2C1)C(=O)NCc1ccc2c(c1)OCO2.